The maximum atomic E-state index is 12.7. The Kier molecular flexibility index (Phi) is 3.92. The standard InChI is InChI=1S/C16H19N3O3S/c20-6-5-19-12-10-18(9-11(12)8-17-19)16(21)15-4-3-14(23-15)13-2-1-7-22-13/h3-4,8,13,20H,1-2,5-7,9-10H2/t13-/m0/s1. The lowest BCUT2D eigenvalue weighted by Gasteiger charge is -2.15. The molecular weight excluding hydrogens is 314 g/mol. The highest BCUT2D eigenvalue weighted by Crippen LogP contribution is 2.34. The Balaban J connectivity index is 1.48. The van der Waals surface area contributed by atoms with Gasteiger partial charge in [-0.05, 0) is 25.0 Å². The van der Waals surface area contributed by atoms with Gasteiger partial charge in [-0.15, -0.1) is 11.3 Å². The number of thiophene rings is 1. The van der Waals surface area contributed by atoms with E-state index in [0.717, 1.165) is 40.5 Å². The second kappa shape index (κ2) is 6.07. The number of amides is 1. The van der Waals surface area contributed by atoms with Crippen molar-refractivity contribution in [2.24, 2.45) is 0 Å². The lowest BCUT2D eigenvalue weighted by molar-refractivity contribution is 0.0752. The van der Waals surface area contributed by atoms with Gasteiger partial charge in [-0.25, -0.2) is 0 Å². The summed E-state index contributed by atoms with van der Waals surface area (Å²) in [7, 11) is 0. The van der Waals surface area contributed by atoms with Crippen LogP contribution in [0.15, 0.2) is 18.3 Å². The maximum absolute atomic E-state index is 12.7. The van der Waals surface area contributed by atoms with Crippen LogP contribution in [0.1, 0.15) is 44.8 Å². The van der Waals surface area contributed by atoms with E-state index < -0.39 is 0 Å². The maximum Gasteiger partial charge on any atom is 0.264 e. The number of aromatic nitrogens is 2. The van der Waals surface area contributed by atoms with Crippen molar-refractivity contribution in [1.29, 1.82) is 0 Å². The predicted molar refractivity (Wildman–Crippen MR) is 85.1 cm³/mol. The molecule has 1 N–H and O–H groups in total. The van der Waals surface area contributed by atoms with Crippen molar-refractivity contribution in [3.63, 3.8) is 0 Å². The van der Waals surface area contributed by atoms with Crippen molar-refractivity contribution in [2.75, 3.05) is 13.2 Å². The second-order valence-electron chi connectivity index (χ2n) is 5.93. The molecule has 1 saturated heterocycles. The molecule has 122 valence electrons. The van der Waals surface area contributed by atoms with Gasteiger partial charge in [-0.1, -0.05) is 0 Å². The number of aliphatic hydroxyl groups is 1. The number of nitrogens with zero attached hydrogens (tertiary/aromatic N) is 3. The van der Waals surface area contributed by atoms with E-state index in [1.165, 1.54) is 0 Å². The lowest BCUT2D eigenvalue weighted by atomic mass is 10.2. The van der Waals surface area contributed by atoms with Gasteiger partial charge < -0.3 is 14.7 Å². The fourth-order valence-electron chi connectivity index (χ4n) is 3.24. The second-order valence-corrected chi connectivity index (χ2v) is 7.04. The quantitative estimate of drug-likeness (QED) is 0.928. The Labute approximate surface area is 138 Å². The van der Waals surface area contributed by atoms with Gasteiger partial charge in [0.15, 0.2) is 0 Å². The average Bonchev–Trinajstić information content (AvgIpc) is 3.32. The first kappa shape index (κ1) is 14.9. The molecule has 0 aliphatic carbocycles. The first-order valence-corrected chi connectivity index (χ1v) is 8.73. The molecule has 2 aliphatic heterocycles. The molecule has 1 amide bonds. The number of hydrogen-bond acceptors (Lipinski definition) is 5. The third-order valence-corrected chi connectivity index (χ3v) is 5.59. The first-order valence-electron chi connectivity index (χ1n) is 7.91. The van der Waals surface area contributed by atoms with E-state index in [4.69, 9.17) is 9.84 Å². The SMILES string of the molecule is O=C(c1ccc([C@@H]2CCCO2)s1)N1Cc2cnn(CCO)c2C1. The normalized spacial score (nSPS) is 20.2. The summed E-state index contributed by atoms with van der Waals surface area (Å²) in [5.74, 6) is 0.0611. The zero-order valence-corrected chi connectivity index (χ0v) is 13.6. The van der Waals surface area contributed by atoms with Gasteiger partial charge in [0.05, 0.1) is 42.6 Å². The highest BCUT2D eigenvalue weighted by Gasteiger charge is 2.29. The molecule has 2 aromatic rings. The van der Waals surface area contributed by atoms with E-state index in [1.807, 2.05) is 17.0 Å². The summed E-state index contributed by atoms with van der Waals surface area (Å²) in [5.41, 5.74) is 2.10. The summed E-state index contributed by atoms with van der Waals surface area (Å²) in [6, 6.07) is 3.93. The molecule has 6 nitrogen and oxygen atoms in total. The lowest BCUT2D eigenvalue weighted by Crippen LogP contribution is -2.25. The van der Waals surface area contributed by atoms with Crippen LogP contribution in [0.25, 0.3) is 0 Å². The van der Waals surface area contributed by atoms with Crippen LogP contribution >= 0.6 is 11.3 Å². The summed E-state index contributed by atoms with van der Waals surface area (Å²) < 4.78 is 7.48. The summed E-state index contributed by atoms with van der Waals surface area (Å²) >= 11 is 1.54. The van der Waals surface area contributed by atoms with Crippen LogP contribution in [0.5, 0.6) is 0 Å². The fraction of sp³-hybridized carbons (Fsp3) is 0.500. The van der Waals surface area contributed by atoms with E-state index in [-0.39, 0.29) is 18.6 Å². The molecule has 1 atom stereocenters. The predicted octanol–water partition coefficient (Wildman–Crippen LogP) is 1.94. The minimum atomic E-state index is 0.0533. The van der Waals surface area contributed by atoms with E-state index in [2.05, 4.69) is 5.10 Å². The smallest absolute Gasteiger partial charge is 0.264 e. The van der Waals surface area contributed by atoms with Crippen LogP contribution in [0.2, 0.25) is 0 Å². The number of hydrogen-bond donors (Lipinski definition) is 1. The summed E-state index contributed by atoms with van der Waals surface area (Å²) in [5, 5.41) is 13.3. The van der Waals surface area contributed by atoms with Crippen molar-refractivity contribution in [2.45, 2.75) is 38.6 Å². The largest absolute Gasteiger partial charge is 0.394 e. The molecule has 0 aromatic carbocycles. The Morgan fingerprint density at radius 3 is 3.13 bits per heavy atom. The summed E-state index contributed by atoms with van der Waals surface area (Å²) in [4.78, 5) is 16.5. The van der Waals surface area contributed by atoms with Gasteiger partial charge in [-0.3, -0.25) is 9.48 Å². The summed E-state index contributed by atoms with van der Waals surface area (Å²) in [6.45, 7) is 2.49. The number of fused-ring (bicyclic) bond motifs is 1. The van der Waals surface area contributed by atoms with Gasteiger partial charge in [0.2, 0.25) is 0 Å². The number of carbonyl (C=O) groups is 1. The van der Waals surface area contributed by atoms with Gasteiger partial charge >= 0.3 is 0 Å². The molecule has 0 unspecified atom stereocenters. The van der Waals surface area contributed by atoms with Crippen LogP contribution in [0.4, 0.5) is 0 Å². The number of carbonyl (C=O) groups excluding carboxylic acids is 1. The topological polar surface area (TPSA) is 67.6 Å². The van der Waals surface area contributed by atoms with E-state index in [9.17, 15) is 4.79 Å². The minimum Gasteiger partial charge on any atom is -0.394 e. The Bertz CT molecular complexity index is 718. The van der Waals surface area contributed by atoms with Crippen LogP contribution in [-0.4, -0.2) is 38.9 Å². The number of ether oxygens (including phenoxy) is 1. The Morgan fingerprint density at radius 1 is 1.43 bits per heavy atom. The monoisotopic (exact) mass is 333 g/mol. The molecule has 1 fully saturated rings. The Hall–Kier alpha value is -1.70. The number of rotatable bonds is 4. The average molecular weight is 333 g/mol. The molecular formula is C16H19N3O3S. The van der Waals surface area contributed by atoms with Gasteiger partial charge in [0.1, 0.15) is 0 Å². The zero-order valence-electron chi connectivity index (χ0n) is 12.8. The van der Waals surface area contributed by atoms with Crippen LogP contribution in [0, 0.1) is 0 Å². The van der Waals surface area contributed by atoms with E-state index in [1.54, 1.807) is 22.2 Å². The van der Waals surface area contributed by atoms with Crippen molar-refractivity contribution >= 4 is 17.2 Å². The zero-order chi connectivity index (χ0) is 15.8. The molecule has 4 heterocycles. The van der Waals surface area contributed by atoms with Crippen LogP contribution in [-0.2, 0) is 24.4 Å². The van der Waals surface area contributed by atoms with Crippen molar-refractivity contribution in [3.8, 4) is 0 Å². The van der Waals surface area contributed by atoms with Crippen molar-refractivity contribution in [3.05, 3.63) is 39.3 Å². The highest BCUT2D eigenvalue weighted by atomic mass is 32.1. The molecule has 0 spiro atoms. The first-order chi connectivity index (χ1) is 11.3. The summed E-state index contributed by atoms with van der Waals surface area (Å²) in [6.07, 6.45) is 4.09. The molecule has 0 saturated carbocycles. The van der Waals surface area contributed by atoms with Crippen molar-refractivity contribution in [1.82, 2.24) is 14.7 Å². The van der Waals surface area contributed by atoms with Gasteiger partial charge in [0.25, 0.3) is 5.91 Å². The van der Waals surface area contributed by atoms with Crippen molar-refractivity contribution < 1.29 is 14.6 Å². The minimum absolute atomic E-state index is 0.0533. The van der Waals surface area contributed by atoms with Crippen LogP contribution in [0.3, 0.4) is 0 Å². The fourth-order valence-corrected chi connectivity index (χ4v) is 4.30. The molecule has 0 radical (unpaired) electrons. The molecule has 23 heavy (non-hydrogen) atoms. The van der Waals surface area contributed by atoms with E-state index >= 15 is 0 Å². The third kappa shape index (κ3) is 2.69. The van der Waals surface area contributed by atoms with Gasteiger partial charge in [-0.2, -0.15) is 5.10 Å². The van der Waals surface area contributed by atoms with E-state index in [0.29, 0.717) is 19.6 Å². The molecule has 0 bridgehead atoms. The van der Waals surface area contributed by atoms with Gasteiger partial charge in [0, 0.05) is 23.6 Å². The molecule has 7 heteroatoms. The molecule has 2 aromatic heterocycles. The molecule has 4 rings (SSSR count). The third-order valence-electron chi connectivity index (χ3n) is 4.42. The highest BCUT2D eigenvalue weighted by molar-refractivity contribution is 7.14. The Morgan fingerprint density at radius 2 is 2.35 bits per heavy atom. The van der Waals surface area contributed by atoms with Crippen LogP contribution < -0.4 is 0 Å². The number of aliphatic hydroxyl groups excluding tert-OH is 1. The molecule has 2 aliphatic rings.